The summed E-state index contributed by atoms with van der Waals surface area (Å²) in [6, 6.07) is 8.13. The molecule has 1 unspecified atom stereocenters. The fourth-order valence-corrected chi connectivity index (χ4v) is 2.79. The molecule has 1 aliphatic rings. The van der Waals surface area contributed by atoms with Gasteiger partial charge in [-0.1, -0.05) is 31.2 Å². The van der Waals surface area contributed by atoms with Crippen molar-refractivity contribution in [2.45, 2.75) is 26.3 Å². The van der Waals surface area contributed by atoms with Crippen LogP contribution in [0.2, 0.25) is 0 Å². The summed E-state index contributed by atoms with van der Waals surface area (Å²) in [5.74, 6) is 0.876. The van der Waals surface area contributed by atoms with Gasteiger partial charge in [0.15, 0.2) is 0 Å². The Labute approximate surface area is 136 Å². The molecular formula is C18H23N3O2. The summed E-state index contributed by atoms with van der Waals surface area (Å²) in [5.41, 5.74) is 0.637. The van der Waals surface area contributed by atoms with Crippen molar-refractivity contribution in [1.29, 1.82) is 0 Å². The van der Waals surface area contributed by atoms with Crippen LogP contribution < -0.4 is 10.2 Å². The topological polar surface area (TPSA) is 54.5 Å². The van der Waals surface area contributed by atoms with Crippen molar-refractivity contribution in [1.82, 2.24) is 10.3 Å². The van der Waals surface area contributed by atoms with E-state index in [2.05, 4.69) is 22.1 Å². The van der Waals surface area contributed by atoms with Crippen molar-refractivity contribution in [2.24, 2.45) is 0 Å². The van der Waals surface area contributed by atoms with Gasteiger partial charge < -0.3 is 15.0 Å². The molecule has 1 amide bonds. The highest BCUT2D eigenvalue weighted by Gasteiger charge is 2.19. The number of pyridine rings is 1. The minimum absolute atomic E-state index is 0.0587. The lowest BCUT2D eigenvalue weighted by Crippen LogP contribution is -2.37. The van der Waals surface area contributed by atoms with Gasteiger partial charge in [0, 0.05) is 30.7 Å². The number of hydrogen-bond donors (Lipinski definition) is 1. The van der Waals surface area contributed by atoms with E-state index in [1.807, 2.05) is 31.2 Å². The molecule has 1 aliphatic heterocycles. The van der Waals surface area contributed by atoms with Crippen LogP contribution in [0.5, 0.6) is 0 Å². The zero-order chi connectivity index (χ0) is 16.2. The number of rotatable bonds is 4. The maximum absolute atomic E-state index is 12.5. The first-order chi connectivity index (χ1) is 11.2. The largest absolute Gasteiger partial charge is 0.378 e. The Hall–Kier alpha value is -2.14. The Balaban J connectivity index is 2.00. The van der Waals surface area contributed by atoms with Crippen LogP contribution in [-0.2, 0) is 4.74 Å². The van der Waals surface area contributed by atoms with Gasteiger partial charge in [0.1, 0.15) is 5.82 Å². The Morgan fingerprint density at radius 3 is 2.70 bits per heavy atom. The normalized spacial score (nSPS) is 16.3. The minimum atomic E-state index is -0.0587. The van der Waals surface area contributed by atoms with Crippen LogP contribution >= 0.6 is 0 Å². The molecule has 0 bridgehead atoms. The highest BCUT2D eigenvalue weighted by molar-refractivity contribution is 6.09. The molecule has 1 fully saturated rings. The van der Waals surface area contributed by atoms with E-state index in [0.29, 0.717) is 18.8 Å². The summed E-state index contributed by atoms with van der Waals surface area (Å²) < 4.78 is 5.42. The maximum atomic E-state index is 12.5. The van der Waals surface area contributed by atoms with Crippen LogP contribution in [-0.4, -0.2) is 43.2 Å². The van der Waals surface area contributed by atoms with Gasteiger partial charge in [-0.05, 0) is 18.7 Å². The van der Waals surface area contributed by atoms with Gasteiger partial charge in [-0.25, -0.2) is 4.98 Å². The lowest BCUT2D eigenvalue weighted by molar-refractivity contribution is 0.0940. The molecule has 23 heavy (non-hydrogen) atoms. The van der Waals surface area contributed by atoms with Crippen LogP contribution in [0, 0.1) is 0 Å². The summed E-state index contributed by atoms with van der Waals surface area (Å²) in [7, 11) is 0. The van der Waals surface area contributed by atoms with E-state index in [9.17, 15) is 4.79 Å². The second-order valence-electron chi connectivity index (χ2n) is 5.92. The number of carbonyl (C=O) groups excluding carboxylic acids is 1. The lowest BCUT2D eigenvalue weighted by atomic mass is 10.1. The molecule has 2 heterocycles. The van der Waals surface area contributed by atoms with Gasteiger partial charge in [-0.3, -0.25) is 4.79 Å². The van der Waals surface area contributed by atoms with Crippen LogP contribution in [0.4, 0.5) is 5.82 Å². The second-order valence-corrected chi connectivity index (χ2v) is 5.92. The van der Waals surface area contributed by atoms with Crippen LogP contribution in [0.1, 0.15) is 30.6 Å². The summed E-state index contributed by atoms with van der Waals surface area (Å²) >= 11 is 0. The standard InChI is InChI=1S/C18H23N3O2/c1-3-13(2)20-18(22)16-12-19-17(21-8-10-23-11-9-21)15-7-5-4-6-14(15)16/h4-7,12-13H,3,8-11H2,1-2H3,(H,20,22). The number of nitrogens with one attached hydrogen (secondary N) is 1. The average Bonchev–Trinajstić information content (AvgIpc) is 2.61. The number of morpholine rings is 1. The number of carbonyl (C=O) groups is 1. The van der Waals surface area contributed by atoms with Crippen LogP contribution in [0.15, 0.2) is 30.5 Å². The molecule has 2 aromatic rings. The smallest absolute Gasteiger partial charge is 0.253 e. The third-order valence-corrected chi connectivity index (χ3v) is 4.32. The van der Waals surface area contributed by atoms with E-state index < -0.39 is 0 Å². The molecule has 5 heteroatoms. The molecule has 1 aromatic carbocycles. The third kappa shape index (κ3) is 3.29. The first-order valence-corrected chi connectivity index (χ1v) is 8.22. The Morgan fingerprint density at radius 2 is 2.00 bits per heavy atom. The highest BCUT2D eigenvalue weighted by atomic mass is 16.5. The molecular weight excluding hydrogens is 290 g/mol. The monoisotopic (exact) mass is 313 g/mol. The second kappa shape index (κ2) is 6.96. The number of aromatic nitrogens is 1. The molecule has 0 radical (unpaired) electrons. The minimum Gasteiger partial charge on any atom is -0.378 e. The quantitative estimate of drug-likeness (QED) is 0.942. The van der Waals surface area contributed by atoms with Crippen molar-refractivity contribution < 1.29 is 9.53 Å². The van der Waals surface area contributed by atoms with Crippen molar-refractivity contribution in [3.63, 3.8) is 0 Å². The van der Waals surface area contributed by atoms with Gasteiger partial charge in [0.05, 0.1) is 18.8 Å². The van der Waals surface area contributed by atoms with E-state index in [1.54, 1.807) is 6.20 Å². The van der Waals surface area contributed by atoms with Gasteiger partial charge in [-0.15, -0.1) is 0 Å². The van der Waals surface area contributed by atoms with Crippen molar-refractivity contribution in [2.75, 3.05) is 31.2 Å². The molecule has 0 spiro atoms. The summed E-state index contributed by atoms with van der Waals surface area (Å²) in [4.78, 5) is 19.3. The van der Waals surface area contributed by atoms with Gasteiger partial charge >= 0.3 is 0 Å². The zero-order valence-electron chi connectivity index (χ0n) is 13.7. The predicted octanol–water partition coefficient (Wildman–Crippen LogP) is 2.60. The van der Waals surface area contributed by atoms with Gasteiger partial charge in [0.25, 0.3) is 5.91 Å². The first-order valence-electron chi connectivity index (χ1n) is 8.22. The van der Waals surface area contributed by atoms with Crippen LogP contribution in [0.25, 0.3) is 10.8 Å². The average molecular weight is 313 g/mol. The predicted molar refractivity (Wildman–Crippen MR) is 92.0 cm³/mol. The van der Waals surface area contributed by atoms with Crippen LogP contribution in [0.3, 0.4) is 0 Å². The molecule has 0 saturated carbocycles. The Kier molecular flexibility index (Phi) is 4.76. The van der Waals surface area contributed by atoms with Crippen molar-refractivity contribution in [3.8, 4) is 0 Å². The van der Waals surface area contributed by atoms with Crippen molar-refractivity contribution in [3.05, 3.63) is 36.0 Å². The van der Waals surface area contributed by atoms with E-state index in [4.69, 9.17) is 4.74 Å². The molecule has 1 N–H and O–H groups in total. The van der Waals surface area contributed by atoms with E-state index in [1.165, 1.54) is 0 Å². The summed E-state index contributed by atoms with van der Waals surface area (Å²) in [5, 5.41) is 4.99. The number of nitrogens with zero attached hydrogens (tertiary/aromatic N) is 2. The molecule has 0 aliphatic carbocycles. The highest BCUT2D eigenvalue weighted by Crippen LogP contribution is 2.27. The fourth-order valence-electron chi connectivity index (χ4n) is 2.79. The number of fused-ring (bicyclic) bond motifs is 1. The van der Waals surface area contributed by atoms with E-state index >= 15 is 0 Å². The number of anilines is 1. The molecule has 1 atom stereocenters. The number of ether oxygens (including phenoxy) is 1. The van der Waals surface area contributed by atoms with E-state index in [0.717, 1.165) is 36.1 Å². The number of benzene rings is 1. The molecule has 122 valence electrons. The maximum Gasteiger partial charge on any atom is 0.253 e. The molecule has 1 saturated heterocycles. The Morgan fingerprint density at radius 1 is 1.30 bits per heavy atom. The van der Waals surface area contributed by atoms with Crippen molar-refractivity contribution >= 4 is 22.5 Å². The zero-order valence-corrected chi connectivity index (χ0v) is 13.7. The fraction of sp³-hybridized carbons (Fsp3) is 0.444. The molecule has 5 nitrogen and oxygen atoms in total. The lowest BCUT2D eigenvalue weighted by Gasteiger charge is -2.29. The Bertz CT molecular complexity index is 696. The number of amides is 1. The SMILES string of the molecule is CCC(C)NC(=O)c1cnc(N2CCOCC2)c2ccccc12. The summed E-state index contributed by atoms with van der Waals surface area (Å²) in [6.07, 6.45) is 2.60. The van der Waals surface area contributed by atoms with E-state index in [-0.39, 0.29) is 11.9 Å². The van der Waals surface area contributed by atoms with Gasteiger partial charge in [-0.2, -0.15) is 0 Å². The molecule has 3 rings (SSSR count). The molecule has 1 aromatic heterocycles. The number of hydrogen-bond acceptors (Lipinski definition) is 4. The first kappa shape index (κ1) is 15.7. The van der Waals surface area contributed by atoms with Gasteiger partial charge in [0.2, 0.25) is 0 Å². The third-order valence-electron chi connectivity index (χ3n) is 4.32. The summed E-state index contributed by atoms with van der Waals surface area (Å²) in [6.45, 7) is 7.15.